The van der Waals surface area contributed by atoms with Crippen LogP contribution in [0, 0.1) is 17.3 Å². The summed E-state index contributed by atoms with van der Waals surface area (Å²) in [6, 6.07) is 5.17. The Labute approximate surface area is 218 Å². The molecule has 4 aliphatic carbocycles. The first-order valence-corrected chi connectivity index (χ1v) is 15.3. The van der Waals surface area contributed by atoms with Crippen molar-refractivity contribution in [1.82, 2.24) is 4.31 Å². The molecular weight excluding hydrogens is 530 g/mol. The summed E-state index contributed by atoms with van der Waals surface area (Å²) in [6.07, 6.45) is 7.62. The molecule has 1 amide bonds. The van der Waals surface area contributed by atoms with Crippen LogP contribution in [0.4, 0.5) is 11.4 Å². The molecule has 1 aromatic rings. The molecule has 1 heterocycles. The Balaban J connectivity index is 1.41. The monoisotopic (exact) mass is 567 g/mol. The number of carbonyl (C=O) groups excluding carboxylic acids is 1. The molecule has 7 nitrogen and oxygen atoms in total. The van der Waals surface area contributed by atoms with Crippen molar-refractivity contribution in [2.45, 2.75) is 68.0 Å². The van der Waals surface area contributed by atoms with Gasteiger partial charge in [-0.2, -0.15) is 4.31 Å². The molecule has 5 fully saturated rings. The normalized spacial score (nSPS) is 32.3. The molecule has 0 aromatic heterocycles. The van der Waals surface area contributed by atoms with Gasteiger partial charge in [0.25, 0.3) is 0 Å². The molecule has 6 rings (SSSR count). The third kappa shape index (κ3) is 5.03. The van der Waals surface area contributed by atoms with Gasteiger partial charge in [0.1, 0.15) is 0 Å². The second-order valence-electron chi connectivity index (χ2n) is 11.2. The molecule has 4 bridgehead atoms. The van der Waals surface area contributed by atoms with Crippen molar-refractivity contribution in [3.63, 3.8) is 0 Å². The van der Waals surface area contributed by atoms with E-state index in [2.05, 4.69) is 26.1 Å². The standard InChI is InChI=1S/C26H38BrN3O4S/c1-3-30(4-2)35(32,33)21-5-6-23(29-7-9-34-10-8-29)22(12-21)28-24(31)17-25-13-19-11-20(14-25)16-26(27,15-19)18-25/h5-6,12,19-20H,3-4,7-11,13-18H2,1-2H3,(H,28,31)/t19-,20-,25?,26?/m1/s1. The van der Waals surface area contributed by atoms with Gasteiger partial charge in [-0.05, 0) is 74.0 Å². The minimum Gasteiger partial charge on any atom is -0.378 e. The quantitative estimate of drug-likeness (QED) is 0.464. The van der Waals surface area contributed by atoms with Crippen LogP contribution in [0.3, 0.4) is 0 Å². The summed E-state index contributed by atoms with van der Waals surface area (Å²) < 4.78 is 33.6. The van der Waals surface area contributed by atoms with E-state index in [1.165, 1.54) is 23.6 Å². The van der Waals surface area contributed by atoms with Crippen LogP contribution in [-0.2, 0) is 19.6 Å². The smallest absolute Gasteiger partial charge is 0.243 e. The first-order valence-electron chi connectivity index (χ1n) is 13.1. The van der Waals surface area contributed by atoms with E-state index < -0.39 is 10.0 Å². The lowest BCUT2D eigenvalue weighted by atomic mass is 9.48. The highest BCUT2D eigenvalue weighted by Crippen LogP contribution is 2.65. The van der Waals surface area contributed by atoms with Gasteiger partial charge in [0, 0.05) is 36.9 Å². The lowest BCUT2D eigenvalue weighted by Gasteiger charge is -2.60. The molecule has 0 spiro atoms. The molecule has 1 saturated heterocycles. The van der Waals surface area contributed by atoms with E-state index >= 15 is 0 Å². The van der Waals surface area contributed by atoms with Gasteiger partial charge in [0.05, 0.1) is 29.5 Å². The van der Waals surface area contributed by atoms with Crippen molar-refractivity contribution in [2.24, 2.45) is 17.3 Å². The number of sulfonamides is 1. The molecule has 5 aliphatic rings. The van der Waals surface area contributed by atoms with Crippen molar-refractivity contribution in [3.05, 3.63) is 18.2 Å². The van der Waals surface area contributed by atoms with Crippen molar-refractivity contribution in [2.75, 3.05) is 49.6 Å². The fourth-order valence-electron chi connectivity index (χ4n) is 7.65. The molecule has 2 atom stereocenters. The summed E-state index contributed by atoms with van der Waals surface area (Å²) in [7, 11) is -3.63. The number of halogens is 1. The molecule has 35 heavy (non-hydrogen) atoms. The summed E-state index contributed by atoms with van der Waals surface area (Å²) >= 11 is 4.05. The largest absolute Gasteiger partial charge is 0.378 e. The van der Waals surface area contributed by atoms with Crippen LogP contribution in [0.2, 0.25) is 0 Å². The van der Waals surface area contributed by atoms with Gasteiger partial charge in [-0.25, -0.2) is 8.42 Å². The third-order valence-corrected chi connectivity index (χ3v) is 11.6. The molecule has 0 unspecified atom stereocenters. The van der Waals surface area contributed by atoms with Gasteiger partial charge in [0.2, 0.25) is 15.9 Å². The molecule has 4 saturated carbocycles. The van der Waals surface area contributed by atoms with Crippen LogP contribution in [0.15, 0.2) is 23.1 Å². The van der Waals surface area contributed by atoms with Gasteiger partial charge in [0.15, 0.2) is 0 Å². The summed E-state index contributed by atoms with van der Waals surface area (Å²) in [5.41, 5.74) is 1.51. The molecule has 1 N–H and O–H groups in total. The number of ether oxygens (including phenoxy) is 1. The van der Waals surface area contributed by atoms with Crippen LogP contribution in [0.25, 0.3) is 0 Å². The van der Waals surface area contributed by atoms with Gasteiger partial charge in [-0.3, -0.25) is 4.79 Å². The number of alkyl halides is 1. The molecule has 1 aliphatic heterocycles. The van der Waals surface area contributed by atoms with E-state index in [9.17, 15) is 13.2 Å². The summed E-state index contributed by atoms with van der Waals surface area (Å²) in [6.45, 7) is 7.16. The highest BCUT2D eigenvalue weighted by Gasteiger charge is 2.57. The number of hydrogen-bond acceptors (Lipinski definition) is 5. The zero-order chi connectivity index (χ0) is 24.8. The number of carbonyl (C=O) groups is 1. The Hall–Kier alpha value is -1.16. The maximum atomic E-state index is 13.5. The lowest BCUT2D eigenvalue weighted by Crippen LogP contribution is -2.53. The first-order chi connectivity index (χ1) is 16.7. The summed E-state index contributed by atoms with van der Waals surface area (Å²) in [5.74, 6) is 1.43. The molecule has 0 radical (unpaired) electrons. The Morgan fingerprint density at radius 1 is 1.14 bits per heavy atom. The molecule has 1 aromatic carbocycles. The summed E-state index contributed by atoms with van der Waals surface area (Å²) in [5, 5.41) is 3.16. The number of hydrogen-bond donors (Lipinski definition) is 1. The zero-order valence-electron chi connectivity index (χ0n) is 20.9. The highest BCUT2D eigenvalue weighted by atomic mass is 79.9. The van der Waals surface area contributed by atoms with Crippen molar-refractivity contribution in [3.8, 4) is 0 Å². The summed E-state index contributed by atoms with van der Waals surface area (Å²) in [4.78, 5) is 15.9. The van der Waals surface area contributed by atoms with E-state index in [4.69, 9.17) is 4.74 Å². The van der Waals surface area contributed by atoms with Crippen molar-refractivity contribution >= 4 is 43.2 Å². The SMILES string of the molecule is CCN(CC)S(=O)(=O)c1ccc(N2CCOCC2)c(NC(=O)CC23C[C@H]4C[C@@H](CC(Br)(C4)C2)C3)c1. The molecular formula is C26H38BrN3O4S. The van der Waals surface area contributed by atoms with Gasteiger partial charge in [-0.15, -0.1) is 0 Å². The minimum absolute atomic E-state index is 0.00468. The Morgan fingerprint density at radius 2 is 1.80 bits per heavy atom. The fraction of sp³-hybridized carbons (Fsp3) is 0.731. The predicted octanol–water partition coefficient (Wildman–Crippen LogP) is 4.62. The first kappa shape index (κ1) is 25.5. The number of nitrogens with one attached hydrogen (secondary N) is 1. The number of anilines is 2. The van der Waals surface area contributed by atoms with Crippen LogP contribution in [-0.4, -0.2) is 62.3 Å². The van der Waals surface area contributed by atoms with E-state index in [-0.39, 0.29) is 20.5 Å². The second-order valence-corrected chi connectivity index (χ2v) is 14.8. The van der Waals surface area contributed by atoms with Crippen LogP contribution >= 0.6 is 15.9 Å². The van der Waals surface area contributed by atoms with Crippen molar-refractivity contribution < 1.29 is 17.9 Å². The van der Waals surface area contributed by atoms with E-state index in [0.29, 0.717) is 51.5 Å². The van der Waals surface area contributed by atoms with Crippen molar-refractivity contribution in [1.29, 1.82) is 0 Å². The number of morpholine rings is 1. The average molecular weight is 569 g/mol. The van der Waals surface area contributed by atoms with Crippen LogP contribution < -0.4 is 10.2 Å². The Morgan fingerprint density at radius 3 is 2.40 bits per heavy atom. The van der Waals surface area contributed by atoms with E-state index in [1.54, 1.807) is 12.1 Å². The Bertz CT molecular complexity index is 1050. The fourth-order valence-corrected chi connectivity index (χ4v) is 10.6. The van der Waals surface area contributed by atoms with Crippen LogP contribution in [0.1, 0.15) is 58.8 Å². The number of rotatable bonds is 8. The van der Waals surface area contributed by atoms with Gasteiger partial charge >= 0.3 is 0 Å². The molecule has 194 valence electrons. The second kappa shape index (κ2) is 9.62. The van der Waals surface area contributed by atoms with Crippen LogP contribution in [0.5, 0.6) is 0 Å². The third-order valence-electron chi connectivity index (χ3n) is 8.58. The number of benzene rings is 1. The van der Waals surface area contributed by atoms with Gasteiger partial charge < -0.3 is 15.0 Å². The number of amides is 1. The zero-order valence-corrected chi connectivity index (χ0v) is 23.3. The maximum Gasteiger partial charge on any atom is 0.243 e. The number of nitrogens with zero attached hydrogens (tertiary/aromatic N) is 2. The maximum absolute atomic E-state index is 13.5. The molecule has 9 heteroatoms. The van der Waals surface area contributed by atoms with E-state index in [1.807, 2.05) is 19.9 Å². The Kier molecular flexibility index (Phi) is 7.00. The topological polar surface area (TPSA) is 79.0 Å². The predicted molar refractivity (Wildman–Crippen MR) is 142 cm³/mol. The van der Waals surface area contributed by atoms with E-state index in [0.717, 1.165) is 36.8 Å². The lowest BCUT2D eigenvalue weighted by molar-refractivity contribution is -0.123. The average Bonchev–Trinajstić information content (AvgIpc) is 2.78. The highest BCUT2D eigenvalue weighted by molar-refractivity contribution is 9.10. The minimum atomic E-state index is -3.63. The van der Waals surface area contributed by atoms with Gasteiger partial charge in [-0.1, -0.05) is 29.8 Å².